The Morgan fingerprint density at radius 1 is 0.325 bits per heavy atom. The van der Waals surface area contributed by atoms with Crippen molar-refractivity contribution in [2.75, 3.05) is 0 Å². The van der Waals surface area contributed by atoms with Crippen LogP contribution < -0.4 is 0 Å². The van der Waals surface area contributed by atoms with Crippen molar-refractivity contribution < 1.29 is 4.42 Å². The number of furan rings is 1. The molecular weight excluding hydrogens is 957 g/mol. The molecule has 15 aromatic rings. The number of hydrogen-bond donors (Lipinski definition) is 0. The summed E-state index contributed by atoms with van der Waals surface area (Å²) in [5, 5.41) is 7.14. The Morgan fingerprint density at radius 2 is 0.844 bits per heavy atom. The highest BCUT2D eigenvalue weighted by atomic mass is 32.1. The summed E-state index contributed by atoms with van der Waals surface area (Å²) in [6, 6.07) is 90.9. The Hall–Kier alpha value is -9.75. The van der Waals surface area contributed by atoms with Crippen LogP contribution in [0.3, 0.4) is 0 Å². The molecule has 0 aliphatic heterocycles. The fourth-order valence-corrected chi connectivity index (χ4v) is 12.3. The molecule has 0 amide bonds. The zero-order valence-corrected chi connectivity index (χ0v) is 43.2. The molecule has 0 aliphatic carbocycles. The van der Waals surface area contributed by atoms with E-state index in [9.17, 15) is 0 Å². The molecule has 0 radical (unpaired) electrons. The minimum atomic E-state index is 0.578. The summed E-state index contributed by atoms with van der Waals surface area (Å²) in [5.41, 5.74) is 16.9. The molecule has 0 bridgehead atoms. The van der Waals surface area contributed by atoms with Crippen molar-refractivity contribution in [1.82, 2.24) is 19.5 Å². The summed E-state index contributed by atoms with van der Waals surface area (Å²) in [4.78, 5) is 15.3. The molecule has 0 spiro atoms. The molecule has 6 heteroatoms. The summed E-state index contributed by atoms with van der Waals surface area (Å²) in [6.07, 6.45) is 0. The largest absolute Gasteiger partial charge is 0.456 e. The van der Waals surface area contributed by atoms with Gasteiger partial charge in [0.25, 0.3) is 0 Å². The van der Waals surface area contributed by atoms with Gasteiger partial charge in [-0.1, -0.05) is 202 Å². The molecule has 15 rings (SSSR count). The third-order valence-electron chi connectivity index (χ3n) is 14.6. The van der Waals surface area contributed by atoms with E-state index in [0.29, 0.717) is 17.5 Å². The number of benzene rings is 11. The standard InChI is InChI=1S/C69H42N4OS.C2H6/c1-3-17-43(18-4-1)49-38-50(40-51(39-49)54-29-16-31-60-58-27-9-12-34-64(58)75-66(54)60)53-28-15-30-59-55-25-7-10-32-61(55)73(65(53)59)52-24-14-22-46(41-52)45-21-13-23-47(37-45)68-70-67(44-19-5-2-6-20-44)71-69(72-68)48-35-36-57-56-26-8-11-33-62(56)74-63(57)42-48;1-2/h1-42H;1-2H3. The molecule has 4 aromatic heterocycles. The van der Waals surface area contributed by atoms with E-state index in [2.05, 4.69) is 205 Å². The van der Waals surface area contributed by atoms with Crippen LogP contribution in [0.25, 0.3) is 148 Å². The Bertz CT molecular complexity index is 4720. The SMILES string of the molecule is CC.c1ccc(-c2cc(-c3cccc4c3sc3ccccc34)cc(-c3cccc4c5ccccc5n(-c5cccc(-c6cccc(-c7nc(-c8ccccc8)nc(-c8ccc9c(c8)oc8ccccc89)n7)c6)c5)c34)c2)cc1. The van der Waals surface area contributed by atoms with Gasteiger partial charge in [0, 0.05) is 69.7 Å². The molecule has 364 valence electrons. The Balaban J connectivity index is 0.00000267. The fourth-order valence-electron chi connectivity index (χ4n) is 11.1. The molecule has 0 aliphatic rings. The maximum Gasteiger partial charge on any atom is 0.164 e. The average molecular weight is 1010 g/mol. The van der Waals surface area contributed by atoms with E-state index in [1.807, 2.05) is 79.8 Å². The van der Waals surface area contributed by atoms with Crippen LogP contribution in [0.2, 0.25) is 0 Å². The van der Waals surface area contributed by atoms with Gasteiger partial charge in [0.05, 0.1) is 11.0 Å². The quantitative estimate of drug-likeness (QED) is 0.152. The van der Waals surface area contributed by atoms with Crippen molar-refractivity contribution in [3.8, 4) is 84.4 Å². The molecule has 0 saturated heterocycles. The lowest BCUT2D eigenvalue weighted by Gasteiger charge is -2.16. The van der Waals surface area contributed by atoms with Gasteiger partial charge in [-0.3, -0.25) is 0 Å². The lowest BCUT2D eigenvalue weighted by molar-refractivity contribution is 0.669. The van der Waals surface area contributed by atoms with Gasteiger partial charge in [0.2, 0.25) is 0 Å². The monoisotopic (exact) mass is 1000 g/mol. The minimum Gasteiger partial charge on any atom is -0.456 e. The first-order valence-corrected chi connectivity index (χ1v) is 27.0. The lowest BCUT2D eigenvalue weighted by Crippen LogP contribution is -2.00. The molecular formula is C71H48N4OS. The average Bonchev–Trinajstić information content (AvgIpc) is 4.22. The van der Waals surface area contributed by atoms with Crippen molar-refractivity contribution >= 4 is 75.3 Å². The first-order valence-electron chi connectivity index (χ1n) is 26.2. The summed E-state index contributed by atoms with van der Waals surface area (Å²) in [6.45, 7) is 4.00. The zero-order chi connectivity index (χ0) is 51.4. The second-order valence-corrected chi connectivity index (χ2v) is 20.2. The first-order chi connectivity index (χ1) is 38.1. The number of hydrogen-bond acceptors (Lipinski definition) is 5. The number of para-hydroxylation sites is 3. The van der Waals surface area contributed by atoms with Crippen LogP contribution in [0.1, 0.15) is 13.8 Å². The van der Waals surface area contributed by atoms with Crippen molar-refractivity contribution in [2.24, 2.45) is 0 Å². The summed E-state index contributed by atoms with van der Waals surface area (Å²) in [7, 11) is 0. The van der Waals surface area contributed by atoms with Crippen LogP contribution in [0.4, 0.5) is 0 Å². The third-order valence-corrected chi connectivity index (χ3v) is 15.8. The number of thiophene rings is 1. The fraction of sp³-hybridized carbons (Fsp3) is 0.0282. The van der Waals surface area contributed by atoms with E-state index in [0.717, 1.165) is 77.6 Å². The second kappa shape index (κ2) is 19.2. The lowest BCUT2D eigenvalue weighted by atomic mass is 9.92. The highest BCUT2D eigenvalue weighted by Gasteiger charge is 2.21. The highest BCUT2D eigenvalue weighted by Crippen LogP contribution is 2.45. The third kappa shape index (κ3) is 8.06. The van der Waals surface area contributed by atoms with Crippen LogP contribution in [0.15, 0.2) is 259 Å². The molecule has 5 nitrogen and oxygen atoms in total. The molecule has 11 aromatic carbocycles. The van der Waals surface area contributed by atoms with Crippen LogP contribution in [0, 0.1) is 0 Å². The normalized spacial score (nSPS) is 11.5. The predicted molar refractivity (Wildman–Crippen MR) is 324 cm³/mol. The predicted octanol–water partition coefficient (Wildman–Crippen LogP) is 19.9. The van der Waals surface area contributed by atoms with E-state index >= 15 is 0 Å². The topological polar surface area (TPSA) is 56.7 Å². The number of aromatic nitrogens is 4. The van der Waals surface area contributed by atoms with Crippen molar-refractivity contribution in [2.45, 2.75) is 13.8 Å². The van der Waals surface area contributed by atoms with Gasteiger partial charge in [-0.25, -0.2) is 15.0 Å². The Kier molecular flexibility index (Phi) is 11.4. The van der Waals surface area contributed by atoms with E-state index in [1.165, 1.54) is 53.2 Å². The van der Waals surface area contributed by atoms with Crippen molar-refractivity contribution in [3.63, 3.8) is 0 Å². The van der Waals surface area contributed by atoms with Gasteiger partial charge in [-0.2, -0.15) is 0 Å². The van der Waals surface area contributed by atoms with Gasteiger partial charge in [0.15, 0.2) is 17.5 Å². The van der Waals surface area contributed by atoms with Gasteiger partial charge in [-0.05, 0) is 106 Å². The minimum absolute atomic E-state index is 0.578. The second-order valence-electron chi connectivity index (χ2n) is 19.1. The smallest absolute Gasteiger partial charge is 0.164 e. The number of fused-ring (bicyclic) bond motifs is 9. The highest BCUT2D eigenvalue weighted by molar-refractivity contribution is 7.26. The van der Waals surface area contributed by atoms with Gasteiger partial charge < -0.3 is 8.98 Å². The molecule has 4 heterocycles. The van der Waals surface area contributed by atoms with Crippen molar-refractivity contribution in [1.29, 1.82) is 0 Å². The summed E-state index contributed by atoms with van der Waals surface area (Å²) in [5.74, 6) is 1.78. The molecule has 77 heavy (non-hydrogen) atoms. The van der Waals surface area contributed by atoms with Gasteiger partial charge in [-0.15, -0.1) is 11.3 Å². The van der Waals surface area contributed by atoms with Crippen molar-refractivity contribution in [3.05, 3.63) is 255 Å². The maximum atomic E-state index is 6.31. The van der Waals surface area contributed by atoms with Gasteiger partial charge >= 0.3 is 0 Å². The van der Waals surface area contributed by atoms with E-state index in [-0.39, 0.29) is 0 Å². The maximum absolute atomic E-state index is 6.31. The number of rotatable bonds is 8. The molecule has 0 fully saturated rings. The molecule has 0 unspecified atom stereocenters. The van der Waals surface area contributed by atoms with E-state index in [4.69, 9.17) is 19.4 Å². The molecule has 0 atom stereocenters. The molecule has 0 saturated carbocycles. The zero-order valence-electron chi connectivity index (χ0n) is 42.4. The number of nitrogens with zero attached hydrogens (tertiary/aromatic N) is 4. The summed E-state index contributed by atoms with van der Waals surface area (Å²) >= 11 is 1.87. The first kappa shape index (κ1) is 45.8. The van der Waals surface area contributed by atoms with Crippen LogP contribution in [-0.2, 0) is 0 Å². The van der Waals surface area contributed by atoms with Gasteiger partial charge in [0.1, 0.15) is 11.2 Å². The Morgan fingerprint density at radius 3 is 1.64 bits per heavy atom. The molecule has 0 N–H and O–H groups in total. The Labute approximate surface area is 449 Å². The van der Waals surface area contributed by atoms with Crippen LogP contribution >= 0.6 is 11.3 Å². The van der Waals surface area contributed by atoms with Crippen LogP contribution in [0.5, 0.6) is 0 Å². The summed E-state index contributed by atoms with van der Waals surface area (Å²) < 4.78 is 11.4. The van der Waals surface area contributed by atoms with E-state index in [1.54, 1.807) is 0 Å². The van der Waals surface area contributed by atoms with E-state index < -0.39 is 0 Å². The van der Waals surface area contributed by atoms with Crippen LogP contribution in [-0.4, -0.2) is 19.5 Å².